The zero-order valence-corrected chi connectivity index (χ0v) is 15.8. The number of pyridine rings is 1. The first-order chi connectivity index (χ1) is 13.0. The Morgan fingerprint density at radius 1 is 1.11 bits per heavy atom. The van der Waals surface area contributed by atoms with Crippen LogP contribution in [0.5, 0.6) is 0 Å². The highest BCUT2D eigenvalue weighted by Gasteiger charge is 2.11. The number of allylic oxidation sites excluding steroid dienone is 1. The first-order valence-electron chi connectivity index (χ1n) is 8.74. The Kier molecular flexibility index (Phi) is 6.94. The van der Waals surface area contributed by atoms with Crippen LogP contribution >= 0.6 is 0 Å². The van der Waals surface area contributed by atoms with E-state index in [0.29, 0.717) is 5.39 Å². The lowest BCUT2D eigenvalue weighted by Crippen LogP contribution is -1.91. The number of rotatable bonds is 4. The van der Waals surface area contributed by atoms with Crippen LogP contribution in [0.25, 0.3) is 16.8 Å². The van der Waals surface area contributed by atoms with Gasteiger partial charge in [-0.1, -0.05) is 43.3 Å². The van der Waals surface area contributed by atoms with Crippen molar-refractivity contribution in [2.45, 2.75) is 27.2 Å². The number of nitrogens with one attached hydrogen (secondary N) is 1. The number of aromatic nitrogens is 1. The molecule has 0 aliphatic carbocycles. The fourth-order valence-corrected chi connectivity index (χ4v) is 2.77. The molecule has 27 heavy (non-hydrogen) atoms. The topological polar surface area (TPSA) is 79.9 Å². The first kappa shape index (κ1) is 20.0. The molecule has 0 unspecified atom stereocenters. The second-order valence-electron chi connectivity index (χ2n) is 6.11. The summed E-state index contributed by atoms with van der Waals surface area (Å²) < 4.78 is 0. The minimum Gasteiger partial charge on any atom is -0.308 e. The van der Waals surface area contributed by atoms with Gasteiger partial charge in [-0.05, 0) is 43.0 Å². The normalized spacial score (nSPS) is 10.5. The van der Waals surface area contributed by atoms with Crippen molar-refractivity contribution < 1.29 is 4.92 Å². The van der Waals surface area contributed by atoms with E-state index < -0.39 is 0 Å². The molecule has 0 atom stereocenters. The number of nitro benzene ring substituents is 1. The van der Waals surface area contributed by atoms with Crippen molar-refractivity contribution in [2.75, 3.05) is 0 Å². The smallest absolute Gasteiger partial charge is 0.277 e. The maximum atomic E-state index is 10.7. The molecule has 3 rings (SSSR count). The molecule has 0 saturated heterocycles. The number of aryl methyl sites for hydroxylation is 2. The van der Waals surface area contributed by atoms with Crippen molar-refractivity contribution in [2.24, 2.45) is 0 Å². The molecule has 0 saturated carbocycles. The molecule has 5 nitrogen and oxygen atoms in total. The predicted molar refractivity (Wildman–Crippen MR) is 112 cm³/mol. The zero-order chi connectivity index (χ0) is 19.8. The van der Waals surface area contributed by atoms with E-state index in [2.05, 4.69) is 24.1 Å². The zero-order valence-electron chi connectivity index (χ0n) is 15.8. The summed E-state index contributed by atoms with van der Waals surface area (Å²) in [4.78, 5) is 14.3. The quantitative estimate of drug-likeness (QED) is 0.358. The number of nitro groups is 1. The number of non-ortho nitro benzene ring substituents is 1. The van der Waals surface area contributed by atoms with Gasteiger partial charge in [0, 0.05) is 35.6 Å². The molecule has 1 aromatic heterocycles. The van der Waals surface area contributed by atoms with Crippen LogP contribution in [0.1, 0.15) is 35.6 Å². The number of hydrogen-bond donors (Lipinski definition) is 1. The minimum absolute atomic E-state index is 0.132. The molecule has 0 fully saturated rings. The molecule has 0 aliphatic rings. The van der Waals surface area contributed by atoms with Gasteiger partial charge in [-0.25, -0.2) is 0 Å². The van der Waals surface area contributed by atoms with Gasteiger partial charge in [-0.2, -0.15) is 0 Å². The molecule has 5 heteroatoms. The van der Waals surface area contributed by atoms with E-state index in [1.165, 1.54) is 12.3 Å². The summed E-state index contributed by atoms with van der Waals surface area (Å²) >= 11 is 0. The molecule has 1 N–H and O–H groups in total. The SMILES string of the molecule is CC/C=C\c1cccc(C)c1C=N.Cc1ccc([N+](=O)[O-])c2ccncc12. The van der Waals surface area contributed by atoms with Gasteiger partial charge in [0.05, 0.1) is 10.3 Å². The van der Waals surface area contributed by atoms with Gasteiger partial charge in [0.15, 0.2) is 0 Å². The van der Waals surface area contributed by atoms with Gasteiger partial charge in [0.2, 0.25) is 0 Å². The summed E-state index contributed by atoms with van der Waals surface area (Å²) in [5.41, 5.74) is 4.45. The van der Waals surface area contributed by atoms with Gasteiger partial charge in [-0.3, -0.25) is 15.1 Å². The average molecular weight is 361 g/mol. The Bertz CT molecular complexity index is 994. The number of nitrogens with zero attached hydrogens (tertiary/aromatic N) is 2. The summed E-state index contributed by atoms with van der Waals surface area (Å²) in [7, 11) is 0. The molecule has 1 heterocycles. The van der Waals surface area contributed by atoms with Crippen molar-refractivity contribution in [3.63, 3.8) is 0 Å². The molecule has 0 amide bonds. The lowest BCUT2D eigenvalue weighted by Gasteiger charge is -2.03. The molecular formula is C22H23N3O2. The van der Waals surface area contributed by atoms with Gasteiger partial charge in [-0.15, -0.1) is 0 Å². The van der Waals surface area contributed by atoms with Crippen LogP contribution in [0, 0.1) is 29.4 Å². The first-order valence-corrected chi connectivity index (χ1v) is 8.74. The highest BCUT2D eigenvalue weighted by molar-refractivity contribution is 5.92. The van der Waals surface area contributed by atoms with E-state index in [9.17, 15) is 10.1 Å². The molecule has 0 spiro atoms. The Morgan fingerprint density at radius 3 is 2.56 bits per heavy atom. The third-order valence-electron chi connectivity index (χ3n) is 4.25. The number of fused-ring (bicyclic) bond motifs is 1. The molecule has 138 valence electrons. The molecular weight excluding hydrogens is 338 g/mol. The van der Waals surface area contributed by atoms with Gasteiger partial charge >= 0.3 is 0 Å². The third kappa shape index (κ3) is 4.85. The van der Waals surface area contributed by atoms with Crippen molar-refractivity contribution >= 4 is 28.8 Å². The van der Waals surface area contributed by atoms with E-state index in [-0.39, 0.29) is 10.6 Å². The highest BCUT2D eigenvalue weighted by Crippen LogP contribution is 2.26. The second-order valence-corrected chi connectivity index (χ2v) is 6.11. The largest absolute Gasteiger partial charge is 0.308 e. The van der Waals surface area contributed by atoms with Crippen LogP contribution in [0.15, 0.2) is 54.9 Å². The summed E-state index contributed by atoms with van der Waals surface area (Å²) in [6.07, 6.45) is 9.86. The van der Waals surface area contributed by atoms with E-state index in [1.807, 2.05) is 32.0 Å². The number of hydrogen-bond acceptors (Lipinski definition) is 4. The third-order valence-corrected chi connectivity index (χ3v) is 4.25. The summed E-state index contributed by atoms with van der Waals surface area (Å²) in [6.45, 7) is 6.05. The Balaban J connectivity index is 0.000000194. The second kappa shape index (κ2) is 9.38. The summed E-state index contributed by atoms with van der Waals surface area (Å²) in [6, 6.07) is 11.0. The standard InChI is InChI=1S/C12H15N.C10H8N2O2/c1-3-4-7-11-8-5-6-10(2)12(11)9-13;1-7-2-3-10(12(13)14)8-4-5-11-6-9(7)8/h4-9,13H,3H2,1-2H3;2-6H,1H3/b7-4-,13-9?;. The van der Waals surface area contributed by atoms with Crippen LogP contribution in [-0.4, -0.2) is 16.1 Å². The van der Waals surface area contributed by atoms with Crippen molar-refractivity contribution in [1.82, 2.24) is 4.98 Å². The molecule has 2 aromatic carbocycles. The van der Waals surface area contributed by atoms with E-state index in [0.717, 1.165) is 34.1 Å². The lowest BCUT2D eigenvalue weighted by molar-refractivity contribution is -0.383. The fourth-order valence-electron chi connectivity index (χ4n) is 2.77. The molecule has 0 bridgehead atoms. The van der Waals surface area contributed by atoms with Crippen LogP contribution in [-0.2, 0) is 0 Å². The fraction of sp³-hybridized carbons (Fsp3) is 0.182. The van der Waals surface area contributed by atoms with Crippen LogP contribution in [0.2, 0.25) is 0 Å². The lowest BCUT2D eigenvalue weighted by atomic mass is 10.0. The summed E-state index contributed by atoms with van der Waals surface area (Å²) in [5.74, 6) is 0. The van der Waals surface area contributed by atoms with Crippen molar-refractivity contribution in [3.05, 3.63) is 87.2 Å². The van der Waals surface area contributed by atoms with Gasteiger partial charge in [0.25, 0.3) is 5.69 Å². The van der Waals surface area contributed by atoms with Crippen LogP contribution in [0.3, 0.4) is 0 Å². The molecule has 0 radical (unpaired) electrons. The van der Waals surface area contributed by atoms with Crippen molar-refractivity contribution in [3.8, 4) is 0 Å². The average Bonchev–Trinajstić information content (AvgIpc) is 2.67. The Labute approximate surface area is 159 Å². The van der Waals surface area contributed by atoms with E-state index in [4.69, 9.17) is 5.41 Å². The monoisotopic (exact) mass is 361 g/mol. The van der Waals surface area contributed by atoms with Crippen LogP contribution in [0.4, 0.5) is 5.69 Å². The molecule has 0 aliphatic heterocycles. The minimum atomic E-state index is -0.373. The van der Waals surface area contributed by atoms with E-state index >= 15 is 0 Å². The predicted octanol–water partition coefficient (Wildman–Crippen LogP) is 5.87. The number of benzene rings is 2. The maximum absolute atomic E-state index is 10.7. The molecule has 3 aromatic rings. The van der Waals surface area contributed by atoms with Crippen LogP contribution < -0.4 is 0 Å². The highest BCUT2D eigenvalue weighted by atomic mass is 16.6. The Morgan fingerprint density at radius 2 is 1.89 bits per heavy atom. The van der Waals surface area contributed by atoms with Crippen molar-refractivity contribution in [1.29, 1.82) is 5.41 Å². The summed E-state index contributed by atoms with van der Waals surface area (Å²) in [5, 5.41) is 19.5. The van der Waals surface area contributed by atoms with Gasteiger partial charge < -0.3 is 5.41 Å². The van der Waals surface area contributed by atoms with Gasteiger partial charge in [0.1, 0.15) is 0 Å². The Hall–Kier alpha value is -3.34. The maximum Gasteiger partial charge on any atom is 0.277 e. The van der Waals surface area contributed by atoms with E-state index in [1.54, 1.807) is 24.5 Å².